The Bertz CT molecular complexity index is 1430. The molecule has 1 heterocycles. The largest absolute Gasteiger partial charge is 0.463 e. The molecule has 1 saturated heterocycles. The first kappa shape index (κ1) is 35.2. The molecule has 3 rings (SSSR count). The van der Waals surface area contributed by atoms with Crippen LogP contribution < -0.4 is 26.8 Å². The van der Waals surface area contributed by atoms with Crippen LogP contribution in [-0.4, -0.2) is 84.7 Å². The summed E-state index contributed by atoms with van der Waals surface area (Å²) in [7, 11) is 0. The van der Waals surface area contributed by atoms with Crippen molar-refractivity contribution in [2.45, 2.75) is 38.8 Å². The second kappa shape index (κ2) is 17.9. The molecular weight excluding hydrogens is 600 g/mol. The van der Waals surface area contributed by atoms with Crippen molar-refractivity contribution < 1.29 is 43.1 Å². The fourth-order valence-electron chi connectivity index (χ4n) is 4.43. The zero-order chi connectivity index (χ0) is 33.5. The molecule has 1 unspecified atom stereocenters. The molecule has 0 spiro atoms. The fraction of sp³-hybridized carbons (Fsp3) is 0.355. The number of rotatable bonds is 19. The predicted molar refractivity (Wildman–Crippen MR) is 162 cm³/mol. The van der Waals surface area contributed by atoms with Crippen LogP contribution in [0.2, 0.25) is 0 Å². The van der Waals surface area contributed by atoms with Crippen LogP contribution in [0, 0.1) is 5.92 Å². The molecule has 15 heteroatoms. The van der Waals surface area contributed by atoms with E-state index in [0.717, 1.165) is 16.0 Å². The molecule has 1 fully saturated rings. The van der Waals surface area contributed by atoms with Crippen molar-refractivity contribution in [3.63, 3.8) is 0 Å². The number of imide groups is 1. The van der Waals surface area contributed by atoms with E-state index < -0.39 is 47.8 Å². The minimum absolute atomic E-state index is 0.0784. The van der Waals surface area contributed by atoms with E-state index in [1.165, 1.54) is 0 Å². The van der Waals surface area contributed by atoms with Crippen LogP contribution in [0.5, 0.6) is 0 Å². The molecule has 5 N–H and O–H groups in total. The normalized spacial score (nSPS) is 14.7. The smallest absolute Gasteiger partial charge is 0.293 e. The van der Waals surface area contributed by atoms with Crippen molar-refractivity contribution in [2.75, 3.05) is 31.5 Å². The molecule has 0 aliphatic carbocycles. The summed E-state index contributed by atoms with van der Waals surface area (Å²) in [6.07, 6.45) is -0.0930. The van der Waals surface area contributed by atoms with E-state index in [2.05, 4.69) is 31.5 Å². The van der Waals surface area contributed by atoms with Crippen LogP contribution in [0.4, 0.5) is 5.69 Å². The lowest BCUT2D eigenvalue weighted by molar-refractivity contribution is -0.141. The highest BCUT2D eigenvalue weighted by Crippen LogP contribution is 2.18. The van der Waals surface area contributed by atoms with Crippen molar-refractivity contribution in [1.29, 1.82) is 0 Å². The van der Waals surface area contributed by atoms with Crippen molar-refractivity contribution in [3.8, 4) is 0 Å². The Labute approximate surface area is 264 Å². The molecule has 5 amide bonds. The highest BCUT2D eigenvalue weighted by atomic mass is 16.5. The quantitative estimate of drug-likeness (QED) is 0.0422. The van der Waals surface area contributed by atoms with E-state index in [-0.39, 0.29) is 57.3 Å². The monoisotopic (exact) mass is 636 g/mol. The molecule has 0 saturated carbocycles. The minimum Gasteiger partial charge on any atom is -0.463 e. The van der Waals surface area contributed by atoms with Gasteiger partial charge in [0, 0.05) is 37.4 Å². The van der Waals surface area contributed by atoms with Crippen molar-refractivity contribution in [2.24, 2.45) is 5.92 Å². The topological polar surface area (TPSA) is 209 Å². The summed E-state index contributed by atoms with van der Waals surface area (Å²) in [6, 6.07) is 14.5. The van der Waals surface area contributed by atoms with Crippen LogP contribution in [0.3, 0.4) is 0 Å². The first-order chi connectivity index (χ1) is 22.1. The zero-order valence-corrected chi connectivity index (χ0v) is 25.2. The summed E-state index contributed by atoms with van der Waals surface area (Å²) < 4.78 is 4.68. The van der Waals surface area contributed by atoms with Crippen molar-refractivity contribution >= 4 is 53.3 Å². The molecule has 0 bridgehead atoms. The van der Waals surface area contributed by atoms with Crippen molar-refractivity contribution in [1.82, 2.24) is 26.4 Å². The lowest BCUT2D eigenvalue weighted by Crippen LogP contribution is -2.52. The average Bonchev–Trinajstić information content (AvgIpc) is 3.29. The Balaban J connectivity index is 1.43. The number of carbonyl (C=O) groups is 8. The number of ketones is 2. The van der Waals surface area contributed by atoms with Crippen LogP contribution in [-0.2, 0) is 56.1 Å². The van der Waals surface area contributed by atoms with E-state index in [9.17, 15) is 38.4 Å². The van der Waals surface area contributed by atoms with Gasteiger partial charge in [-0.05, 0) is 23.3 Å². The standard InChI is InChI=1S/C31H36N6O9/c1-20-13-29(43)37(31(20)45)12-11-25(39)26(40)15-33-34-17-28(42)36-24(14-21-5-3-2-4-6-21)30(44)32-16-27(41)35-23-9-7-22(8-10-23)18-46-19-38/h2-10,19-20,24,33-34H,11-18H2,1H3,(H,32,44)(H,35,41)(H,36,42)/t20?,24-/m0/s1. The maximum atomic E-state index is 13.0. The summed E-state index contributed by atoms with van der Waals surface area (Å²) >= 11 is 0. The second-order valence-electron chi connectivity index (χ2n) is 10.5. The number of anilines is 1. The van der Waals surface area contributed by atoms with Gasteiger partial charge in [-0.1, -0.05) is 49.4 Å². The van der Waals surface area contributed by atoms with Crippen LogP contribution in [0.1, 0.15) is 30.9 Å². The molecule has 2 atom stereocenters. The Morgan fingerprint density at radius 1 is 0.891 bits per heavy atom. The average molecular weight is 637 g/mol. The lowest BCUT2D eigenvalue weighted by Gasteiger charge is -2.19. The third-order valence-electron chi connectivity index (χ3n) is 6.88. The molecular formula is C31H36N6O9. The lowest BCUT2D eigenvalue weighted by atomic mass is 10.1. The summed E-state index contributed by atoms with van der Waals surface area (Å²) in [6.45, 7) is 0.714. The number of carbonyl (C=O) groups excluding carboxylic acids is 8. The highest BCUT2D eigenvalue weighted by molar-refractivity contribution is 6.38. The zero-order valence-electron chi connectivity index (χ0n) is 25.2. The molecule has 0 radical (unpaired) electrons. The van der Waals surface area contributed by atoms with Gasteiger partial charge < -0.3 is 20.7 Å². The van der Waals surface area contributed by atoms with E-state index in [4.69, 9.17) is 0 Å². The number of amides is 5. The minimum atomic E-state index is -1.04. The molecule has 1 aliphatic rings. The number of benzene rings is 2. The predicted octanol–water partition coefficient (Wildman–Crippen LogP) is -0.841. The Hall–Kier alpha value is -5.28. The molecule has 0 aromatic heterocycles. The number of Topliss-reactive ketones (excluding diaryl/α,β-unsaturated/α-hetero) is 2. The first-order valence-electron chi connectivity index (χ1n) is 14.5. The summed E-state index contributed by atoms with van der Waals surface area (Å²) in [5.41, 5.74) is 6.94. The second-order valence-corrected chi connectivity index (χ2v) is 10.5. The Morgan fingerprint density at radius 2 is 1.59 bits per heavy atom. The molecule has 2 aromatic rings. The number of hydrogen-bond acceptors (Lipinski definition) is 11. The molecule has 1 aliphatic heterocycles. The van der Waals surface area contributed by atoms with Gasteiger partial charge in [0.25, 0.3) is 6.47 Å². The number of hydrogen-bond donors (Lipinski definition) is 5. The fourth-order valence-corrected chi connectivity index (χ4v) is 4.43. The van der Waals surface area contributed by atoms with E-state index in [1.807, 2.05) is 0 Å². The van der Waals surface area contributed by atoms with Crippen LogP contribution in [0.25, 0.3) is 0 Å². The Morgan fingerprint density at radius 3 is 2.24 bits per heavy atom. The number of hydrazine groups is 1. The van der Waals surface area contributed by atoms with Crippen LogP contribution >= 0.6 is 0 Å². The maximum absolute atomic E-state index is 13.0. The summed E-state index contributed by atoms with van der Waals surface area (Å²) in [5, 5.41) is 7.74. The third kappa shape index (κ3) is 11.3. The summed E-state index contributed by atoms with van der Waals surface area (Å²) in [4.78, 5) is 97.4. The number of nitrogens with zero attached hydrogens (tertiary/aromatic N) is 1. The van der Waals surface area contributed by atoms with Gasteiger partial charge in [0.15, 0.2) is 0 Å². The van der Waals surface area contributed by atoms with Gasteiger partial charge in [0.05, 0.1) is 19.6 Å². The number of likely N-dealkylation sites (tertiary alicyclic amines) is 1. The number of nitrogens with one attached hydrogen (secondary N) is 5. The van der Waals surface area contributed by atoms with Gasteiger partial charge in [0.2, 0.25) is 41.1 Å². The highest BCUT2D eigenvalue weighted by Gasteiger charge is 2.35. The van der Waals surface area contributed by atoms with Gasteiger partial charge >= 0.3 is 0 Å². The van der Waals surface area contributed by atoms with Crippen LogP contribution in [0.15, 0.2) is 54.6 Å². The molecule has 15 nitrogen and oxygen atoms in total. The maximum Gasteiger partial charge on any atom is 0.293 e. The molecule has 2 aromatic carbocycles. The van der Waals surface area contributed by atoms with Gasteiger partial charge in [-0.15, -0.1) is 0 Å². The van der Waals surface area contributed by atoms with Gasteiger partial charge in [0.1, 0.15) is 12.6 Å². The summed E-state index contributed by atoms with van der Waals surface area (Å²) in [5.74, 6) is -4.49. The SMILES string of the molecule is CC1CC(=O)N(CCC(=O)C(=O)CNNCC(=O)N[C@@H](Cc2ccccc2)C(=O)NCC(=O)Nc2ccc(COC=O)cc2)C1=O. The van der Waals surface area contributed by atoms with Gasteiger partial charge in [-0.25, -0.2) is 10.9 Å². The van der Waals surface area contributed by atoms with Crippen molar-refractivity contribution in [3.05, 3.63) is 65.7 Å². The third-order valence-corrected chi connectivity index (χ3v) is 6.88. The number of ether oxygens (including phenoxy) is 1. The van der Waals surface area contributed by atoms with E-state index in [1.54, 1.807) is 61.5 Å². The molecule has 46 heavy (non-hydrogen) atoms. The van der Waals surface area contributed by atoms with Gasteiger partial charge in [-0.3, -0.25) is 43.3 Å². The van der Waals surface area contributed by atoms with Gasteiger partial charge in [-0.2, -0.15) is 0 Å². The van der Waals surface area contributed by atoms with E-state index in [0.29, 0.717) is 12.2 Å². The van der Waals surface area contributed by atoms with E-state index >= 15 is 0 Å². The molecule has 244 valence electrons. The Kier molecular flexibility index (Phi) is 13.7. The first-order valence-corrected chi connectivity index (χ1v) is 14.5.